The van der Waals surface area contributed by atoms with Crippen molar-refractivity contribution in [1.29, 1.82) is 0 Å². The number of H-pyrrole nitrogens is 1. The van der Waals surface area contributed by atoms with Crippen molar-refractivity contribution in [2.24, 2.45) is 7.05 Å². The molecule has 0 atom stereocenters. The molecule has 7 nitrogen and oxygen atoms in total. The maximum absolute atomic E-state index is 14.4. The highest BCUT2D eigenvalue weighted by Crippen LogP contribution is 2.34. The zero-order valence-electron chi connectivity index (χ0n) is 19.7. The zero-order chi connectivity index (χ0) is 26.1. The Morgan fingerprint density at radius 2 is 1.80 bits per heavy atom. The van der Waals surface area contributed by atoms with Crippen LogP contribution in [0.1, 0.15) is 26.6 Å². The molecular formula is C24H24F4N4O3. The first-order valence-corrected chi connectivity index (χ1v) is 10.4. The van der Waals surface area contributed by atoms with Crippen molar-refractivity contribution in [3.63, 3.8) is 0 Å². The first-order chi connectivity index (χ1) is 16.2. The molecule has 0 spiro atoms. The van der Waals surface area contributed by atoms with Gasteiger partial charge in [-0.3, -0.25) is 0 Å². The Morgan fingerprint density at radius 3 is 2.34 bits per heavy atom. The van der Waals surface area contributed by atoms with E-state index in [1.807, 2.05) is 31.4 Å². The van der Waals surface area contributed by atoms with Crippen molar-refractivity contribution in [2.45, 2.75) is 32.4 Å². The molecule has 0 radical (unpaired) electrons. The van der Waals surface area contributed by atoms with Crippen LogP contribution in [-0.4, -0.2) is 43.9 Å². The molecule has 0 unspecified atom stereocenters. The largest absolute Gasteiger partial charge is 0.496 e. The number of carboxylic acid groups (broad SMARTS) is 1. The van der Waals surface area contributed by atoms with Gasteiger partial charge in [0, 0.05) is 12.5 Å². The summed E-state index contributed by atoms with van der Waals surface area (Å²) in [6.07, 6.45) is -3.25. The number of imidazole rings is 2. The number of ether oxygens (including phenoxy) is 1. The van der Waals surface area contributed by atoms with Crippen LogP contribution in [0.2, 0.25) is 0 Å². The summed E-state index contributed by atoms with van der Waals surface area (Å²) in [5, 5.41) is 7.12. The Hall–Kier alpha value is -3.89. The lowest BCUT2D eigenvalue weighted by Gasteiger charge is -2.18. The molecular weight excluding hydrogens is 468 g/mol. The highest BCUT2D eigenvalue weighted by Gasteiger charge is 2.38. The number of fused-ring (bicyclic) bond motifs is 1. The van der Waals surface area contributed by atoms with Crippen LogP contribution in [0.4, 0.5) is 17.6 Å². The van der Waals surface area contributed by atoms with Gasteiger partial charge >= 0.3 is 12.1 Å². The molecule has 0 fully saturated rings. The van der Waals surface area contributed by atoms with Crippen LogP contribution >= 0.6 is 0 Å². The number of alkyl halides is 3. The molecule has 11 heteroatoms. The summed E-state index contributed by atoms with van der Waals surface area (Å²) in [5.74, 6) is -0.856. The van der Waals surface area contributed by atoms with E-state index in [0.717, 1.165) is 33.9 Å². The van der Waals surface area contributed by atoms with E-state index in [-0.39, 0.29) is 11.2 Å². The third-order valence-corrected chi connectivity index (χ3v) is 5.11. The fourth-order valence-electron chi connectivity index (χ4n) is 3.57. The Kier molecular flexibility index (Phi) is 6.91. The zero-order valence-corrected chi connectivity index (χ0v) is 19.7. The average molecular weight is 492 g/mol. The summed E-state index contributed by atoms with van der Waals surface area (Å²) < 4.78 is 53.6. The summed E-state index contributed by atoms with van der Waals surface area (Å²) in [6, 6.07) is 10.5. The number of benzene rings is 2. The molecule has 0 amide bonds. The molecule has 0 aliphatic heterocycles. The summed E-state index contributed by atoms with van der Waals surface area (Å²) in [7, 11) is 3.53. The number of aromatic amines is 1. The number of rotatable bonds is 3. The van der Waals surface area contributed by atoms with Crippen LogP contribution < -0.4 is 4.74 Å². The summed E-state index contributed by atoms with van der Waals surface area (Å²) >= 11 is 0. The van der Waals surface area contributed by atoms with E-state index < -0.39 is 12.1 Å². The van der Waals surface area contributed by atoms with Crippen LogP contribution in [0.5, 0.6) is 5.75 Å². The van der Waals surface area contributed by atoms with Gasteiger partial charge in [0.1, 0.15) is 23.1 Å². The standard InChI is InChI=1S/C22H23FN4O.C2HF3O2/c1-22(2,3)21-24-12-17(27(21)4)20-25-15-10-9-13(11-16(15)26-20)19-14(23)7-6-8-18(19)28-5;3-2(4,5)1(6)7/h6-12H,1-5H3,(H,25,26);(H,6,7). The molecule has 2 aromatic carbocycles. The summed E-state index contributed by atoms with van der Waals surface area (Å²) in [6.45, 7) is 6.39. The summed E-state index contributed by atoms with van der Waals surface area (Å²) in [4.78, 5) is 21.5. The highest BCUT2D eigenvalue weighted by atomic mass is 19.4. The van der Waals surface area contributed by atoms with Gasteiger partial charge in [-0.15, -0.1) is 0 Å². The second kappa shape index (κ2) is 9.40. The number of hydrogen-bond donors (Lipinski definition) is 2. The van der Waals surface area contributed by atoms with E-state index in [2.05, 4.69) is 35.3 Å². The fourth-order valence-corrected chi connectivity index (χ4v) is 3.57. The van der Waals surface area contributed by atoms with E-state index >= 15 is 0 Å². The molecule has 2 heterocycles. The number of aliphatic carboxylic acids is 1. The van der Waals surface area contributed by atoms with Gasteiger partial charge in [-0.1, -0.05) is 32.9 Å². The minimum Gasteiger partial charge on any atom is -0.496 e. The maximum atomic E-state index is 14.4. The molecule has 0 saturated carbocycles. The molecule has 35 heavy (non-hydrogen) atoms. The molecule has 4 aromatic rings. The quantitative estimate of drug-likeness (QED) is 0.358. The Bertz CT molecular complexity index is 1370. The molecule has 0 aliphatic carbocycles. The highest BCUT2D eigenvalue weighted by molar-refractivity contribution is 5.85. The number of carbonyl (C=O) groups is 1. The van der Waals surface area contributed by atoms with Gasteiger partial charge in [-0.05, 0) is 29.8 Å². The summed E-state index contributed by atoms with van der Waals surface area (Å²) in [5.41, 5.74) is 3.67. The van der Waals surface area contributed by atoms with E-state index in [4.69, 9.17) is 19.6 Å². The molecule has 2 aromatic heterocycles. The minimum absolute atomic E-state index is 0.0619. The minimum atomic E-state index is -5.08. The van der Waals surface area contributed by atoms with Crippen molar-refractivity contribution in [2.75, 3.05) is 7.11 Å². The predicted molar refractivity (Wildman–Crippen MR) is 123 cm³/mol. The Morgan fingerprint density at radius 1 is 1.14 bits per heavy atom. The maximum Gasteiger partial charge on any atom is 0.490 e. The van der Waals surface area contributed by atoms with Gasteiger partial charge in [0.25, 0.3) is 0 Å². The van der Waals surface area contributed by atoms with E-state index in [1.165, 1.54) is 6.07 Å². The van der Waals surface area contributed by atoms with Crippen LogP contribution in [0.15, 0.2) is 42.6 Å². The van der Waals surface area contributed by atoms with Crippen molar-refractivity contribution < 1.29 is 32.2 Å². The van der Waals surface area contributed by atoms with Gasteiger partial charge in [0.05, 0.1) is 29.9 Å². The first kappa shape index (κ1) is 25.7. The van der Waals surface area contributed by atoms with Crippen molar-refractivity contribution >= 4 is 17.0 Å². The van der Waals surface area contributed by atoms with Crippen LogP contribution in [-0.2, 0) is 17.3 Å². The lowest BCUT2D eigenvalue weighted by atomic mass is 9.96. The number of hydrogen-bond acceptors (Lipinski definition) is 4. The van der Waals surface area contributed by atoms with Crippen LogP contribution in [0, 0.1) is 5.82 Å². The molecule has 186 valence electrons. The SMILES string of the molecule is COc1cccc(F)c1-c1ccc2nc(-c3cnc(C(C)(C)C)n3C)[nH]c2c1.O=C(O)C(F)(F)F. The van der Waals surface area contributed by atoms with Crippen LogP contribution in [0.25, 0.3) is 33.7 Å². The smallest absolute Gasteiger partial charge is 0.490 e. The third-order valence-electron chi connectivity index (χ3n) is 5.11. The molecule has 0 saturated heterocycles. The van der Waals surface area contributed by atoms with E-state index in [9.17, 15) is 17.6 Å². The molecule has 0 bridgehead atoms. The number of halogens is 4. The molecule has 2 N–H and O–H groups in total. The Labute approximate surface area is 198 Å². The van der Waals surface area contributed by atoms with Gasteiger partial charge in [0.15, 0.2) is 5.82 Å². The van der Waals surface area contributed by atoms with Gasteiger partial charge in [-0.25, -0.2) is 19.2 Å². The molecule has 4 rings (SSSR count). The van der Waals surface area contributed by atoms with Crippen molar-refractivity contribution in [3.8, 4) is 28.4 Å². The van der Waals surface area contributed by atoms with Gasteiger partial charge in [-0.2, -0.15) is 13.2 Å². The lowest BCUT2D eigenvalue weighted by molar-refractivity contribution is -0.192. The number of methoxy groups -OCH3 is 1. The number of aromatic nitrogens is 4. The predicted octanol–water partition coefficient (Wildman–Crippen LogP) is 5.71. The van der Waals surface area contributed by atoms with Crippen molar-refractivity contribution in [3.05, 3.63) is 54.2 Å². The lowest BCUT2D eigenvalue weighted by Crippen LogP contribution is -2.21. The van der Waals surface area contributed by atoms with Gasteiger partial charge < -0.3 is 19.4 Å². The monoisotopic (exact) mass is 492 g/mol. The van der Waals surface area contributed by atoms with E-state index in [0.29, 0.717) is 11.3 Å². The normalized spacial score (nSPS) is 11.8. The Balaban J connectivity index is 0.000000429. The topological polar surface area (TPSA) is 93.0 Å². The first-order valence-electron chi connectivity index (χ1n) is 10.4. The van der Waals surface area contributed by atoms with Gasteiger partial charge in [0.2, 0.25) is 0 Å². The molecule has 0 aliphatic rings. The number of nitrogens with one attached hydrogen (secondary N) is 1. The average Bonchev–Trinajstić information content (AvgIpc) is 3.35. The second-order valence-corrected chi connectivity index (χ2v) is 8.71. The van der Waals surface area contributed by atoms with E-state index in [1.54, 1.807) is 19.2 Å². The van der Waals surface area contributed by atoms with Crippen LogP contribution in [0.3, 0.4) is 0 Å². The fraction of sp³-hybridized carbons (Fsp3) is 0.292. The second-order valence-electron chi connectivity index (χ2n) is 8.71. The number of nitrogens with zero attached hydrogens (tertiary/aromatic N) is 3. The third kappa shape index (κ3) is 5.44. The van der Waals surface area contributed by atoms with Crippen molar-refractivity contribution in [1.82, 2.24) is 19.5 Å². The number of carboxylic acids is 1.